The molecule has 8 heteroatoms. The number of hydrogen-bond acceptors (Lipinski definition) is 5. The smallest absolute Gasteiger partial charge is 0.298 e. The molecule has 1 N–H and O–H groups in total. The first kappa shape index (κ1) is 21.3. The number of carbonyl (C=O) groups excluding carboxylic acids is 3. The Morgan fingerprint density at radius 3 is 2.41 bits per heavy atom. The normalized spacial score (nSPS) is 14.7. The molecule has 1 aliphatic heterocycles. The standard InChI is InChI=1S/C24H17FN2O4S/c25-17-10-12-18(13-11-17)26-22(28)15-31-20-9-5-4-6-16(20)14-21-23(29)27(24(30)32-21)19-7-2-1-3-8-19/h1-14H,15H2,(H,26,28)/b21-14+. The van der Waals surface area contributed by atoms with Crippen molar-refractivity contribution < 1.29 is 23.5 Å². The van der Waals surface area contributed by atoms with Gasteiger partial charge in [0, 0.05) is 11.3 Å². The lowest BCUT2D eigenvalue weighted by molar-refractivity contribution is -0.118. The van der Waals surface area contributed by atoms with Gasteiger partial charge in [-0.15, -0.1) is 0 Å². The third kappa shape index (κ3) is 4.87. The lowest BCUT2D eigenvalue weighted by Crippen LogP contribution is -2.27. The molecule has 4 rings (SSSR count). The Hall–Kier alpha value is -3.91. The van der Waals surface area contributed by atoms with Crippen molar-refractivity contribution in [1.82, 2.24) is 0 Å². The highest BCUT2D eigenvalue weighted by Gasteiger charge is 2.36. The summed E-state index contributed by atoms with van der Waals surface area (Å²) in [6.45, 7) is -0.284. The van der Waals surface area contributed by atoms with E-state index in [2.05, 4.69) is 5.32 Å². The van der Waals surface area contributed by atoms with Crippen LogP contribution in [0, 0.1) is 5.82 Å². The molecule has 0 saturated carbocycles. The molecule has 6 nitrogen and oxygen atoms in total. The molecule has 0 radical (unpaired) electrons. The summed E-state index contributed by atoms with van der Waals surface area (Å²) in [5.74, 6) is -0.857. The van der Waals surface area contributed by atoms with Crippen LogP contribution in [0.4, 0.5) is 20.6 Å². The van der Waals surface area contributed by atoms with E-state index < -0.39 is 17.6 Å². The summed E-state index contributed by atoms with van der Waals surface area (Å²) < 4.78 is 18.6. The molecule has 1 saturated heterocycles. The maximum absolute atomic E-state index is 13.0. The van der Waals surface area contributed by atoms with Crippen LogP contribution >= 0.6 is 11.8 Å². The van der Waals surface area contributed by atoms with Gasteiger partial charge in [-0.2, -0.15) is 0 Å². The molecule has 3 amide bonds. The Morgan fingerprint density at radius 2 is 1.66 bits per heavy atom. The van der Waals surface area contributed by atoms with Crippen LogP contribution in [0.2, 0.25) is 0 Å². The fourth-order valence-electron chi connectivity index (χ4n) is 3.01. The second kappa shape index (κ2) is 9.49. The largest absolute Gasteiger partial charge is 0.483 e. The zero-order chi connectivity index (χ0) is 22.5. The first-order valence-corrected chi connectivity index (χ1v) is 10.4. The summed E-state index contributed by atoms with van der Waals surface area (Å²) in [4.78, 5) is 38.8. The van der Waals surface area contributed by atoms with Gasteiger partial charge in [0.15, 0.2) is 6.61 Å². The fraction of sp³-hybridized carbons (Fsp3) is 0.0417. The number of benzene rings is 3. The number of anilines is 2. The molecule has 3 aromatic carbocycles. The van der Waals surface area contributed by atoms with Crippen molar-refractivity contribution in [2.45, 2.75) is 0 Å². The van der Waals surface area contributed by atoms with E-state index in [9.17, 15) is 18.8 Å². The van der Waals surface area contributed by atoms with Crippen molar-refractivity contribution in [3.05, 3.63) is 95.1 Å². The summed E-state index contributed by atoms with van der Waals surface area (Å²) in [7, 11) is 0. The van der Waals surface area contributed by atoms with Crippen molar-refractivity contribution in [2.24, 2.45) is 0 Å². The summed E-state index contributed by atoms with van der Waals surface area (Å²) in [5, 5.41) is 2.23. The van der Waals surface area contributed by atoms with Gasteiger partial charge in [-0.25, -0.2) is 9.29 Å². The third-order valence-electron chi connectivity index (χ3n) is 4.50. The Bertz CT molecular complexity index is 1200. The van der Waals surface area contributed by atoms with Crippen LogP contribution in [-0.2, 0) is 9.59 Å². The number of imide groups is 1. The fourth-order valence-corrected chi connectivity index (χ4v) is 3.85. The Balaban J connectivity index is 1.47. The van der Waals surface area contributed by atoms with E-state index in [1.54, 1.807) is 60.7 Å². The van der Waals surface area contributed by atoms with Crippen LogP contribution in [0.15, 0.2) is 83.8 Å². The molecule has 1 heterocycles. The van der Waals surface area contributed by atoms with Crippen molar-refractivity contribution >= 4 is 46.3 Å². The summed E-state index contributed by atoms with van der Waals surface area (Å²) in [6, 6.07) is 21.0. The number of para-hydroxylation sites is 2. The average molecular weight is 448 g/mol. The van der Waals surface area contributed by atoms with E-state index in [1.807, 2.05) is 0 Å². The van der Waals surface area contributed by atoms with Crippen molar-refractivity contribution in [3.63, 3.8) is 0 Å². The van der Waals surface area contributed by atoms with Gasteiger partial charge < -0.3 is 10.1 Å². The topological polar surface area (TPSA) is 75.7 Å². The molecule has 3 aromatic rings. The number of carbonyl (C=O) groups is 3. The zero-order valence-electron chi connectivity index (χ0n) is 16.7. The molecule has 0 spiro atoms. The van der Waals surface area contributed by atoms with Crippen molar-refractivity contribution in [3.8, 4) is 5.75 Å². The summed E-state index contributed by atoms with van der Waals surface area (Å²) in [6.07, 6.45) is 1.57. The van der Waals surface area contributed by atoms with Crippen LogP contribution < -0.4 is 15.0 Å². The van der Waals surface area contributed by atoms with Crippen LogP contribution in [0.1, 0.15) is 5.56 Å². The molecule has 0 unspecified atom stereocenters. The highest BCUT2D eigenvalue weighted by Crippen LogP contribution is 2.36. The molecular formula is C24H17FN2O4S. The number of amides is 3. The van der Waals surface area contributed by atoms with Gasteiger partial charge >= 0.3 is 0 Å². The minimum atomic E-state index is -0.421. The summed E-state index contributed by atoms with van der Waals surface area (Å²) in [5.41, 5.74) is 1.50. The SMILES string of the molecule is O=C(COc1ccccc1/C=C1/SC(=O)N(c2ccccc2)C1=O)Nc1ccc(F)cc1. The van der Waals surface area contributed by atoms with Crippen LogP contribution in [0.25, 0.3) is 6.08 Å². The monoisotopic (exact) mass is 448 g/mol. The number of halogens is 1. The van der Waals surface area contributed by atoms with Gasteiger partial charge in [0.25, 0.3) is 17.1 Å². The first-order valence-electron chi connectivity index (χ1n) is 9.61. The molecule has 1 fully saturated rings. The van der Waals surface area contributed by atoms with Crippen LogP contribution in [0.3, 0.4) is 0 Å². The molecule has 1 aliphatic rings. The van der Waals surface area contributed by atoms with Gasteiger partial charge in [-0.1, -0.05) is 36.4 Å². The number of rotatable bonds is 6. The second-order valence-electron chi connectivity index (χ2n) is 6.73. The Labute approximate surface area is 187 Å². The van der Waals surface area contributed by atoms with E-state index in [-0.39, 0.29) is 16.8 Å². The number of nitrogens with zero attached hydrogens (tertiary/aromatic N) is 1. The maximum atomic E-state index is 13.0. The minimum Gasteiger partial charge on any atom is -0.483 e. The quantitative estimate of drug-likeness (QED) is 0.532. The molecule has 160 valence electrons. The molecule has 32 heavy (non-hydrogen) atoms. The van der Waals surface area contributed by atoms with Crippen LogP contribution in [-0.4, -0.2) is 23.7 Å². The second-order valence-corrected chi connectivity index (χ2v) is 7.73. The van der Waals surface area contributed by atoms with E-state index in [0.29, 0.717) is 22.7 Å². The molecule has 0 atom stereocenters. The molecular weight excluding hydrogens is 431 g/mol. The van der Waals surface area contributed by atoms with Gasteiger partial charge in [0.1, 0.15) is 11.6 Å². The van der Waals surface area contributed by atoms with E-state index >= 15 is 0 Å². The lowest BCUT2D eigenvalue weighted by atomic mass is 10.2. The van der Waals surface area contributed by atoms with Gasteiger partial charge in [-0.05, 0) is 60.3 Å². The lowest BCUT2D eigenvalue weighted by Gasteiger charge is -2.12. The number of hydrogen-bond donors (Lipinski definition) is 1. The van der Waals surface area contributed by atoms with E-state index in [0.717, 1.165) is 16.7 Å². The summed E-state index contributed by atoms with van der Waals surface area (Å²) >= 11 is 0.841. The molecule has 0 aromatic heterocycles. The maximum Gasteiger partial charge on any atom is 0.298 e. The highest BCUT2D eigenvalue weighted by molar-refractivity contribution is 8.19. The van der Waals surface area contributed by atoms with Gasteiger partial charge in [0.05, 0.1) is 10.6 Å². The Kier molecular flexibility index (Phi) is 6.32. The third-order valence-corrected chi connectivity index (χ3v) is 5.37. The highest BCUT2D eigenvalue weighted by atomic mass is 32.2. The van der Waals surface area contributed by atoms with Crippen molar-refractivity contribution in [2.75, 3.05) is 16.8 Å². The predicted molar refractivity (Wildman–Crippen MR) is 122 cm³/mol. The van der Waals surface area contributed by atoms with Crippen molar-refractivity contribution in [1.29, 1.82) is 0 Å². The van der Waals surface area contributed by atoms with Gasteiger partial charge in [0.2, 0.25) is 0 Å². The van der Waals surface area contributed by atoms with Gasteiger partial charge in [-0.3, -0.25) is 14.4 Å². The Morgan fingerprint density at radius 1 is 0.969 bits per heavy atom. The number of nitrogens with one attached hydrogen (secondary N) is 1. The van der Waals surface area contributed by atoms with Crippen LogP contribution in [0.5, 0.6) is 5.75 Å². The minimum absolute atomic E-state index is 0.255. The molecule has 0 aliphatic carbocycles. The number of ether oxygens (including phenoxy) is 1. The zero-order valence-corrected chi connectivity index (χ0v) is 17.5. The number of thioether (sulfide) groups is 1. The first-order chi connectivity index (χ1) is 15.5. The van der Waals surface area contributed by atoms with E-state index in [4.69, 9.17) is 4.74 Å². The average Bonchev–Trinajstić information content (AvgIpc) is 3.08. The molecule has 0 bridgehead atoms. The predicted octanol–water partition coefficient (Wildman–Crippen LogP) is 5.08. The van der Waals surface area contributed by atoms with E-state index in [1.165, 1.54) is 24.3 Å².